The van der Waals surface area contributed by atoms with Gasteiger partial charge in [-0.1, -0.05) is 0 Å². The Bertz CT molecular complexity index is 354. The largest absolute Gasteiger partial charge is 0.480 e. The molecule has 0 heterocycles. The molecule has 0 spiro atoms. The van der Waals surface area contributed by atoms with Gasteiger partial charge in [0.2, 0.25) is 0 Å². The number of carboxylic acids is 1. The van der Waals surface area contributed by atoms with Crippen molar-refractivity contribution in [1.29, 1.82) is 0 Å². The number of likely N-dealkylation sites (N-methyl/N-ethyl adjacent to an activating group) is 1. The molecule has 0 aliphatic heterocycles. The molecule has 0 bridgehead atoms. The highest BCUT2D eigenvalue weighted by Gasteiger charge is 2.36. The van der Waals surface area contributed by atoms with Gasteiger partial charge in [0.25, 0.3) is 0 Å². The molecule has 1 fully saturated rings. The van der Waals surface area contributed by atoms with Crippen molar-refractivity contribution in [3.05, 3.63) is 0 Å². The molecule has 0 atom stereocenters. The second-order valence-electron chi connectivity index (χ2n) is 4.35. The van der Waals surface area contributed by atoms with Gasteiger partial charge in [0.15, 0.2) is 0 Å². The van der Waals surface area contributed by atoms with Crippen molar-refractivity contribution in [2.24, 2.45) is 0 Å². The van der Waals surface area contributed by atoms with Crippen LogP contribution in [0.5, 0.6) is 0 Å². The van der Waals surface area contributed by atoms with Gasteiger partial charge in [-0.25, -0.2) is 4.79 Å². The molecule has 0 aromatic rings. The lowest BCUT2D eigenvalue weighted by molar-refractivity contribution is -0.144. The van der Waals surface area contributed by atoms with E-state index in [1.807, 2.05) is 0 Å². The zero-order valence-corrected chi connectivity index (χ0v) is 11.3. The predicted molar refractivity (Wildman–Crippen MR) is 66.6 cm³/mol. The van der Waals surface area contributed by atoms with Crippen LogP contribution in [-0.4, -0.2) is 65.2 Å². The maximum atomic E-state index is 12.2. The van der Waals surface area contributed by atoms with E-state index in [1.165, 1.54) is 9.80 Å². The van der Waals surface area contributed by atoms with Crippen LogP contribution in [0.15, 0.2) is 0 Å². The Morgan fingerprint density at radius 3 is 2.26 bits per heavy atom. The first-order valence-electron chi connectivity index (χ1n) is 6.42. The Labute approximate surface area is 112 Å². The van der Waals surface area contributed by atoms with Crippen molar-refractivity contribution in [2.75, 3.05) is 26.2 Å². The molecule has 0 aromatic carbocycles. The summed E-state index contributed by atoms with van der Waals surface area (Å²) in [6.07, 6.45) is 1.69. The first-order chi connectivity index (χ1) is 8.99. The van der Waals surface area contributed by atoms with Crippen molar-refractivity contribution < 1.29 is 24.2 Å². The van der Waals surface area contributed by atoms with Crippen molar-refractivity contribution in [1.82, 2.24) is 9.80 Å². The molecule has 7 heteroatoms. The molecule has 0 aromatic heterocycles. The minimum atomic E-state index is -1.07. The Morgan fingerprint density at radius 1 is 1.21 bits per heavy atom. The highest BCUT2D eigenvalue weighted by molar-refractivity contribution is 5.84. The average molecular weight is 272 g/mol. The van der Waals surface area contributed by atoms with E-state index in [9.17, 15) is 14.4 Å². The number of carbonyl (C=O) groups is 3. The molecule has 1 aliphatic rings. The number of rotatable bonds is 7. The average Bonchev–Trinajstić information content (AvgIpc) is 3.16. The number of carbonyl (C=O) groups excluding carboxylic acids is 2. The van der Waals surface area contributed by atoms with Crippen LogP contribution in [0.1, 0.15) is 26.7 Å². The van der Waals surface area contributed by atoms with Crippen LogP contribution in [0, 0.1) is 0 Å². The van der Waals surface area contributed by atoms with Crippen LogP contribution in [-0.2, 0) is 14.3 Å². The Balaban J connectivity index is 2.66. The number of esters is 1. The standard InChI is InChI=1S/C12H20N2O5/c1-3-13(7-10(15)16)12(18)14(9-5-6-9)8-11(17)19-4-2/h9H,3-8H2,1-2H3,(H,15,16). The highest BCUT2D eigenvalue weighted by atomic mass is 16.5. The zero-order valence-electron chi connectivity index (χ0n) is 11.3. The number of hydrogen-bond acceptors (Lipinski definition) is 4. The predicted octanol–water partition coefficient (Wildman–Crippen LogP) is 0.540. The van der Waals surface area contributed by atoms with Gasteiger partial charge < -0.3 is 19.6 Å². The van der Waals surface area contributed by atoms with Crippen molar-refractivity contribution >= 4 is 18.0 Å². The van der Waals surface area contributed by atoms with Crippen LogP contribution < -0.4 is 0 Å². The Morgan fingerprint density at radius 2 is 1.84 bits per heavy atom. The summed E-state index contributed by atoms with van der Waals surface area (Å²) in [7, 11) is 0. The van der Waals surface area contributed by atoms with E-state index in [2.05, 4.69) is 0 Å². The SMILES string of the molecule is CCOC(=O)CN(C(=O)N(CC)CC(=O)O)C1CC1. The summed E-state index contributed by atoms with van der Waals surface area (Å²) >= 11 is 0. The summed E-state index contributed by atoms with van der Waals surface area (Å²) in [5.41, 5.74) is 0. The van der Waals surface area contributed by atoms with E-state index in [-0.39, 0.29) is 32.3 Å². The van der Waals surface area contributed by atoms with Gasteiger partial charge in [-0.15, -0.1) is 0 Å². The summed E-state index contributed by atoms with van der Waals surface area (Å²) in [6, 6.07) is -0.389. The van der Waals surface area contributed by atoms with Gasteiger partial charge in [-0.3, -0.25) is 9.59 Å². The number of amides is 2. The molecular formula is C12H20N2O5. The summed E-state index contributed by atoms with van der Waals surface area (Å²) in [5, 5.41) is 8.76. The van der Waals surface area contributed by atoms with Gasteiger partial charge in [0, 0.05) is 12.6 Å². The lowest BCUT2D eigenvalue weighted by Crippen LogP contribution is -2.48. The third-order valence-corrected chi connectivity index (χ3v) is 2.82. The summed E-state index contributed by atoms with van der Waals surface area (Å²) in [5.74, 6) is -1.53. The first kappa shape index (κ1) is 15.3. The Hall–Kier alpha value is -1.79. The van der Waals surface area contributed by atoms with Crippen LogP contribution in [0.2, 0.25) is 0 Å². The molecule has 1 saturated carbocycles. The molecule has 2 amide bonds. The van der Waals surface area contributed by atoms with Gasteiger partial charge in [-0.2, -0.15) is 0 Å². The van der Waals surface area contributed by atoms with E-state index in [1.54, 1.807) is 13.8 Å². The van der Waals surface area contributed by atoms with Crippen molar-refractivity contribution in [2.45, 2.75) is 32.7 Å². The van der Waals surface area contributed by atoms with Crippen LogP contribution in [0.4, 0.5) is 4.79 Å². The minimum absolute atomic E-state index is 0.0275. The van der Waals surface area contributed by atoms with Gasteiger partial charge in [0.1, 0.15) is 13.1 Å². The smallest absolute Gasteiger partial charge is 0.325 e. The quantitative estimate of drug-likeness (QED) is 0.683. The van der Waals surface area contributed by atoms with E-state index in [4.69, 9.17) is 9.84 Å². The monoisotopic (exact) mass is 272 g/mol. The van der Waals surface area contributed by atoms with Gasteiger partial charge in [-0.05, 0) is 26.7 Å². The fourth-order valence-electron chi connectivity index (χ4n) is 1.74. The third kappa shape index (κ3) is 4.76. The van der Waals surface area contributed by atoms with E-state index >= 15 is 0 Å². The molecule has 1 aliphatic carbocycles. The van der Waals surface area contributed by atoms with Gasteiger partial charge >= 0.3 is 18.0 Å². The number of ether oxygens (including phenoxy) is 1. The van der Waals surface area contributed by atoms with E-state index in [0.29, 0.717) is 0 Å². The van der Waals surface area contributed by atoms with E-state index in [0.717, 1.165) is 12.8 Å². The molecule has 1 N–H and O–H groups in total. The number of carboxylic acid groups (broad SMARTS) is 1. The second-order valence-corrected chi connectivity index (χ2v) is 4.35. The van der Waals surface area contributed by atoms with E-state index < -0.39 is 18.0 Å². The topological polar surface area (TPSA) is 87.2 Å². The summed E-state index contributed by atoms with van der Waals surface area (Å²) in [4.78, 5) is 37.0. The number of hydrogen-bond donors (Lipinski definition) is 1. The summed E-state index contributed by atoms with van der Waals surface area (Å²) in [6.45, 7) is 3.48. The van der Waals surface area contributed by atoms with Crippen LogP contribution >= 0.6 is 0 Å². The minimum Gasteiger partial charge on any atom is -0.480 e. The lowest BCUT2D eigenvalue weighted by atomic mass is 10.4. The molecular weight excluding hydrogens is 252 g/mol. The molecule has 108 valence electrons. The maximum Gasteiger partial charge on any atom is 0.325 e. The zero-order chi connectivity index (χ0) is 14.4. The van der Waals surface area contributed by atoms with Crippen LogP contribution in [0.25, 0.3) is 0 Å². The van der Waals surface area contributed by atoms with Crippen molar-refractivity contribution in [3.8, 4) is 0 Å². The molecule has 0 unspecified atom stereocenters. The molecule has 0 saturated heterocycles. The molecule has 0 radical (unpaired) electrons. The number of aliphatic carboxylic acids is 1. The number of urea groups is 1. The highest BCUT2D eigenvalue weighted by Crippen LogP contribution is 2.27. The maximum absolute atomic E-state index is 12.2. The fraction of sp³-hybridized carbons (Fsp3) is 0.750. The normalized spacial score (nSPS) is 13.8. The number of nitrogens with zero attached hydrogens (tertiary/aromatic N) is 2. The van der Waals surface area contributed by atoms with Gasteiger partial charge in [0.05, 0.1) is 6.61 Å². The summed E-state index contributed by atoms with van der Waals surface area (Å²) < 4.78 is 4.83. The Kier molecular flexibility index (Phi) is 5.59. The first-order valence-corrected chi connectivity index (χ1v) is 6.42. The second kappa shape index (κ2) is 6.96. The fourth-order valence-corrected chi connectivity index (χ4v) is 1.74. The molecule has 1 rings (SSSR count). The lowest BCUT2D eigenvalue weighted by Gasteiger charge is -2.28. The van der Waals surface area contributed by atoms with Crippen molar-refractivity contribution in [3.63, 3.8) is 0 Å². The third-order valence-electron chi connectivity index (χ3n) is 2.82. The molecule has 19 heavy (non-hydrogen) atoms. The molecule has 7 nitrogen and oxygen atoms in total. The van der Waals surface area contributed by atoms with Crippen LogP contribution in [0.3, 0.4) is 0 Å².